The molecule has 0 amide bonds. The van der Waals surface area contributed by atoms with Gasteiger partial charge >= 0.3 is 0 Å². The van der Waals surface area contributed by atoms with Gasteiger partial charge < -0.3 is 10.4 Å². The fourth-order valence-electron chi connectivity index (χ4n) is 0.876. The second-order valence-electron chi connectivity index (χ2n) is 2.41. The molecule has 0 bridgehead atoms. The van der Waals surface area contributed by atoms with E-state index in [9.17, 15) is 8.42 Å². The third-order valence-corrected chi connectivity index (χ3v) is 2.41. The molecule has 6 heteroatoms. The van der Waals surface area contributed by atoms with Gasteiger partial charge in [-0.25, -0.2) is 0 Å². The summed E-state index contributed by atoms with van der Waals surface area (Å²) in [5.41, 5.74) is 0.491. The molecule has 0 aliphatic carbocycles. The highest BCUT2D eigenvalue weighted by atomic mass is 32.2. The van der Waals surface area contributed by atoms with Crippen molar-refractivity contribution in [2.75, 3.05) is 12.4 Å². The predicted molar refractivity (Wildman–Crippen MR) is 47.5 cm³/mol. The van der Waals surface area contributed by atoms with Gasteiger partial charge in [-0.1, -0.05) is 0 Å². The molecule has 0 radical (unpaired) electrons. The van der Waals surface area contributed by atoms with Crippen LogP contribution in [0, 0.1) is 0 Å². The molecule has 0 saturated heterocycles. The number of phenolic OH excluding ortho intramolecular Hbond substituents is 1. The van der Waals surface area contributed by atoms with Gasteiger partial charge in [-0.05, 0) is 18.2 Å². The van der Waals surface area contributed by atoms with E-state index in [-0.39, 0.29) is 0 Å². The Labute approximate surface area is 75.8 Å². The van der Waals surface area contributed by atoms with Gasteiger partial charge in [0.05, 0.1) is 0 Å². The van der Waals surface area contributed by atoms with Crippen molar-refractivity contribution in [3.8, 4) is 5.75 Å². The molecule has 0 aromatic heterocycles. The highest BCUT2D eigenvalue weighted by molar-refractivity contribution is 7.86. The minimum absolute atomic E-state index is 0.471. The fraction of sp³-hybridized carbons (Fsp3) is 0.143. The van der Waals surface area contributed by atoms with Gasteiger partial charge in [0.15, 0.2) is 0 Å². The van der Waals surface area contributed by atoms with Gasteiger partial charge in [0.2, 0.25) is 0 Å². The number of anilines is 1. The highest BCUT2D eigenvalue weighted by Crippen LogP contribution is 2.25. The lowest BCUT2D eigenvalue weighted by atomic mass is 10.3. The molecule has 5 nitrogen and oxygen atoms in total. The zero-order valence-electron chi connectivity index (χ0n) is 6.85. The Morgan fingerprint density at radius 3 is 2.46 bits per heavy atom. The second-order valence-corrected chi connectivity index (χ2v) is 3.80. The van der Waals surface area contributed by atoms with E-state index in [4.69, 9.17) is 9.66 Å². The van der Waals surface area contributed by atoms with Crippen LogP contribution >= 0.6 is 0 Å². The third kappa shape index (κ3) is 2.10. The molecule has 72 valence electrons. The van der Waals surface area contributed by atoms with Gasteiger partial charge in [-0.15, -0.1) is 0 Å². The Hall–Kier alpha value is -1.27. The summed E-state index contributed by atoms with van der Waals surface area (Å²) in [6.07, 6.45) is 0. The zero-order chi connectivity index (χ0) is 10.1. The van der Waals surface area contributed by atoms with Crippen molar-refractivity contribution in [3.63, 3.8) is 0 Å². The van der Waals surface area contributed by atoms with Crippen LogP contribution in [0.15, 0.2) is 23.1 Å². The van der Waals surface area contributed by atoms with E-state index in [1.807, 2.05) is 0 Å². The second kappa shape index (κ2) is 3.23. The summed E-state index contributed by atoms with van der Waals surface area (Å²) in [4.78, 5) is -0.501. The molecule has 0 saturated carbocycles. The van der Waals surface area contributed by atoms with E-state index in [0.717, 1.165) is 6.07 Å². The lowest BCUT2D eigenvalue weighted by Gasteiger charge is -2.04. The molecule has 1 rings (SSSR count). The molecule has 0 aliphatic heterocycles. The molecule has 0 fully saturated rings. The number of phenols is 1. The van der Waals surface area contributed by atoms with E-state index in [0.29, 0.717) is 5.69 Å². The first-order chi connectivity index (χ1) is 5.95. The van der Waals surface area contributed by atoms with Gasteiger partial charge in [0, 0.05) is 12.7 Å². The monoisotopic (exact) mass is 203 g/mol. The average molecular weight is 203 g/mol. The van der Waals surface area contributed by atoms with Gasteiger partial charge in [0.25, 0.3) is 10.1 Å². The summed E-state index contributed by atoms with van der Waals surface area (Å²) in [6.45, 7) is 0. The standard InChI is InChI=1S/C7H9NO4S/c1-8-5-2-3-6(9)7(4-5)13(10,11)12/h2-4,8-9H,1H3,(H,10,11,12). The van der Waals surface area contributed by atoms with E-state index in [1.54, 1.807) is 7.05 Å². The fourth-order valence-corrected chi connectivity index (χ4v) is 1.48. The van der Waals surface area contributed by atoms with Crippen molar-refractivity contribution >= 4 is 15.8 Å². The summed E-state index contributed by atoms with van der Waals surface area (Å²) in [6, 6.07) is 3.82. The maximum absolute atomic E-state index is 10.7. The highest BCUT2D eigenvalue weighted by Gasteiger charge is 2.15. The van der Waals surface area contributed by atoms with Crippen molar-refractivity contribution in [2.24, 2.45) is 0 Å². The molecular weight excluding hydrogens is 194 g/mol. The van der Waals surface area contributed by atoms with E-state index in [1.165, 1.54) is 12.1 Å². The molecule has 3 N–H and O–H groups in total. The van der Waals surface area contributed by atoms with Gasteiger partial charge in [-0.3, -0.25) is 4.55 Å². The maximum Gasteiger partial charge on any atom is 0.298 e. The lowest BCUT2D eigenvalue weighted by Crippen LogP contribution is -1.99. The van der Waals surface area contributed by atoms with Crippen molar-refractivity contribution < 1.29 is 18.1 Å². The van der Waals surface area contributed by atoms with Crippen molar-refractivity contribution in [1.82, 2.24) is 0 Å². The Morgan fingerprint density at radius 2 is 2.00 bits per heavy atom. The number of hydrogen-bond acceptors (Lipinski definition) is 4. The van der Waals surface area contributed by atoms with Crippen molar-refractivity contribution in [1.29, 1.82) is 0 Å². The van der Waals surface area contributed by atoms with Crippen LogP contribution in [0.5, 0.6) is 5.75 Å². The van der Waals surface area contributed by atoms with Crippen LogP contribution in [0.3, 0.4) is 0 Å². The molecule has 0 atom stereocenters. The number of aromatic hydroxyl groups is 1. The molecule has 0 aliphatic rings. The maximum atomic E-state index is 10.7. The number of nitrogens with one attached hydrogen (secondary N) is 1. The number of rotatable bonds is 2. The molecular formula is C7H9NO4S. The first-order valence-corrected chi connectivity index (χ1v) is 4.87. The van der Waals surface area contributed by atoms with Gasteiger partial charge in [0.1, 0.15) is 10.6 Å². The Balaban J connectivity index is 3.36. The first-order valence-electron chi connectivity index (χ1n) is 3.43. The summed E-state index contributed by atoms with van der Waals surface area (Å²) < 4.78 is 30.1. The van der Waals surface area contributed by atoms with E-state index in [2.05, 4.69) is 5.32 Å². The molecule has 1 aromatic carbocycles. The molecule has 1 aromatic rings. The molecule has 0 heterocycles. The molecule has 0 spiro atoms. The number of hydrogen-bond donors (Lipinski definition) is 3. The smallest absolute Gasteiger partial charge is 0.298 e. The molecule has 13 heavy (non-hydrogen) atoms. The summed E-state index contributed by atoms with van der Waals surface area (Å²) >= 11 is 0. The predicted octanol–water partition coefficient (Wildman–Crippen LogP) is 0.681. The van der Waals surface area contributed by atoms with Crippen LogP contribution in [0.4, 0.5) is 5.69 Å². The van der Waals surface area contributed by atoms with Crippen LogP contribution in [0.25, 0.3) is 0 Å². The van der Waals surface area contributed by atoms with E-state index < -0.39 is 20.8 Å². The van der Waals surface area contributed by atoms with Crippen LogP contribution in [0.1, 0.15) is 0 Å². The first kappa shape index (κ1) is 9.82. The van der Waals surface area contributed by atoms with Crippen molar-refractivity contribution in [3.05, 3.63) is 18.2 Å². The Bertz CT molecular complexity index is 413. The quantitative estimate of drug-likeness (QED) is 0.486. The Kier molecular flexibility index (Phi) is 2.44. The van der Waals surface area contributed by atoms with Crippen LogP contribution in [-0.2, 0) is 10.1 Å². The van der Waals surface area contributed by atoms with Crippen LogP contribution in [-0.4, -0.2) is 25.1 Å². The zero-order valence-corrected chi connectivity index (χ0v) is 7.67. The summed E-state index contributed by atoms with van der Waals surface area (Å²) in [7, 11) is -2.76. The van der Waals surface area contributed by atoms with Crippen molar-refractivity contribution in [2.45, 2.75) is 4.90 Å². The minimum Gasteiger partial charge on any atom is -0.506 e. The Morgan fingerprint density at radius 1 is 1.38 bits per heavy atom. The van der Waals surface area contributed by atoms with Crippen LogP contribution < -0.4 is 5.32 Å². The lowest BCUT2D eigenvalue weighted by molar-refractivity contribution is 0.443. The van der Waals surface area contributed by atoms with Crippen LogP contribution in [0.2, 0.25) is 0 Å². The average Bonchev–Trinajstić information content (AvgIpc) is 2.03. The summed E-state index contributed by atoms with van der Waals surface area (Å²) in [5.74, 6) is -0.471. The minimum atomic E-state index is -4.36. The largest absolute Gasteiger partial charge is 0.506 e. The number of benzene rings is 1. The topological polar surface area (TPSA) is 86.6 Å². The van der Waals surface area contributed by atoms with E-state index >= 15 is 0 Å². The normalized spacial score (nSPS) is 11.2. The summed E-state index contributed by atoms with van der Waals surface area (Å²) in [5, 5.41) is 11.8. The SMILES string of the molecule is CNc1ccc(O)c(S(=O)(=O)O)c1. The third-order valence-electron chi connectivity index (χ3n) is 1.53. The molecule has 0 unspecified atom stereocenters. The van der Waals surface area contributed by atoms with Gasteiger partial charge in [-0.2, -0.15) is 8.42 Å².